The second-order valence-electron chi connectivity index (χ2n) is 13.7. The Hall–Kier alpha value is -1.38. The number of nitrogens with one attached hydrogen (secondary N) is 1. The molecule has 9 radical (unpaired) electrons. The van der Waals surface area contributed by atoms with Gasteiger partial charge in [-0.2, -0.15) is 0 Å². The molecule has 14 nitrogen and oxygen atoms in total. The first-order chi connectivity index (χ1) is 27.9. The first-order valence-corrected chi connectivity index (χ1v) is 22.0. The molecule has 2 unspecified atom stereocenters. The molecule has 0 bridgehead atoms. The third kappa shape index (κ3) is 20.1. The Morgan fingerprint density at radius 2 is 1.12 bits per heavy atom. The summed E-state index contributed by atoms with van der Waals surface area (Å²) in [6.45, 7) is 21.4. The zero-order chi connectivity index (χ0) is 44.6. The molecule has 5 aliphatic rings. The quantitative estimate of drug-likeness (QED) is 0.0972. The van der Waals surface area contributed by atoms with Gasteiger partial charge in [0.2, 0.25) is 0 Å². The fourth-order valence-electron chi connectivity index (χ4n) is 6.58. The molecule has 0 amide bonds. The molecule has 0 aromatic carbocycles. The van der Waals surface area contributed by atoms with Crippen molar-refractivity contribution in [2.24, 2.45) is 0 Å². The van der Waals surface area contributed by atoms with E-state index < -0.39 is 22.5 Å². The predicted molar refractivity (Wildman–Crippen MR) is 244 cm³/mol. The predicted octanol–water partition coefficient (Wildman–Crippen LogP) is 5.72. The van der Waals surface area contributed by atoms with Crippen molar-refractivity contribution < 1.29 is 126 Å². The Balaban J connectivity index is -0.000000381. The molecular formula is C42H58Ar2B3ClN3O11S2-2. The van der Waals surface area contributed by atoms with Crippen molar-refractivity contribution in [3.8, 4) is 0 Å². The van der Waals surface area contributed by atoms with Crippen molar-refractivity contribution in [2.45, 2.75) is 108 Å². The van der Waals surface area contributed by atoms with Crippen molar-refractivity contribution in [2.75, 3.05) is 39.5 Å². The van der Waals surface area contributed by atoms with Gasteiger partial charge in [-0.15, -0.1) is 0 Å². The summed E-state index contributed by atoms with van der Waals surface area (Å²) in [7, 11) is 0. The van der Waals surface area contributed by atoms with Crippen LogP contribution in [0.1, 0.15) is 108 Å². The van der Waals surface area contributed by atoms with E-state index in [1.54, 1.807) is 41.5 Å². The summed E-state index contributed by atoms with van der Waals surface area (Å²) in [6.07, 6.45) is 8.19. The van der Waals surface area contributed by atoms with Gasteiger partial charge in [0.25, 0.3) is 0 Å². The third-order valence-corrected chi connectivity index (χ3v) is 12.4. The molecule has 22 heteroatoms. The van der Waals surface area contributed by atoms with Crippen LogP contribution in [0.5, 0.6) is 0 Å². The van der Waals surface area contributed by atoms with Gasteiger partial charge in [-0.1, -0.05) is 18.5 Å². The number of hydrogen-bond donors (Lipinski definition) is 1. The number of ether oxygens (including phenoxy) is 3. The minimum atomic E-state index is -2.32. The van der Waals surface area contributed by atoms with E-state index in [4.69, 9.17) is 21.1 Å². The number of hydrogen-bond acceptors (Lipinski definition) is 12. The summed E-state index contributed by atoms with van der Waals surface area (Å²) < 4.78 is 61.5. The average molecular weight is 993 g/mol. The number of carbonyl (C=O) groups is 4. The van der Waals surface area contributed by atoms with Gasteiger partial charge in [0.15, 0.2) is 0 Å². The van der Waals surface area contributed by atoms with Gasteiger partial charge in [-0.05, 0) is 133 Å². The van der Waals surface area contributed by atoms with Crippen molar-refractivity contribution in [3.05, 3.63) is 90.0 Å². The molecule has 0 saturated heterocycles. The van der Waals surface area contributed by atoms with E-state index in [1.165, 1.54) is 31.0 Å². The minimum absolute atomic E-state index is 0. The maximum Gasteiger partial charge on any atom is 0.334 e. The Morgan fingerprint density at radius 3 is 1.53 bits per heavy atom. The summed E-state index contributed by atoms with van der Waals surface area (Å²) in [5.74, 6) is -0.572. The van der Waals surface area contributed by atoms with Crippen LogP contribution in [-0.4, -0.2) is 115 Å². The van der Waals surface area contributed by atoms with Gasteiger partial charge >= 0.3 is 17.9 Å². The van der Waals surface area contributed by atoms with Crippen LogP contribution in [0.15, 0.2) is 90.0 Å². The minimum Gasteiger partial charge on any atom is -0.755 e. The normalized spacial score (nSPS) is 17.3. The zero-order valence-electron chi connectivity index (χ0n) is 38.2. The molecule has 3 heterocycles. The summed E-state index contributed by atoms with van der Waals surface area (Å²) in [6, 6.07) is 0. The van der Waals surface area contributed by atoms with Gasteiger partial charge in [0, 0.05) is 196 Å². The van der Waals surface area contributed by atoms with Crippen LogP contribution in [0.2, 0.25) is 0 Å². The number of nitrogens with zero attached hydrogens (tertiary/aromatic N) is 2. The average Bonchev–Trinajstić information content (AvgIpc) is 3.75. The van der Waals surface area contributed by atoms with E-state index in [0.29, 0.717) is 85.8 Å². The number of carbonyl (C=O) groups excluding carboxylic acids is 4. The van der Waals surface area contributed by atoms with Crippen LogP contribution < -0.4 is 5.32 Å². The molecule has 3 aliphatic heterocycles. The second kappa shape index (κ2) is 34.8. The zero-order valence-corrected chi connectivity index (χ0v) is 42.0. The second-order valence-corrected chi connectivity index (χ2v) is 15.9. The Bertz CT molecular complexity index is 1970. The van der Waals surface area contributed by atoms with Gasteiger partial charge in [0.1, 0.15) is 6.29 Å². The maximum absolute atomic E-state index is 11.8. The number of allylic oxidation sites excluding steroid dienone is 11. The van der Waals surface area contributed by atoms with Crippen LogP contribution in [0, 0.1) is 75.5 Å². The molecule has 353 valence electrons. The Labute approximate surface area is 456 Å². The smallest absolute Gasteiger partial charge is 0.334 e. The standard InChI is InChI=1S/C14H19NO4S.C14H19NO2.C9H12ClNO3S.C5H10O2.2Ar.3B/c1-4-19-14(16)12-7-11-5-6-15(20(17)18)10(3)9(2)13(11)8-12;1-4-17-14(16)12-7-11-5-6-15-10(3)9(2)13(11)8-12;1-6-7(2)11(15(13)14)4-3-8(5-12)9(6)10;1-3-5(6)7-4-2;;;;;/h7H,4-6,8H2,1-3H3,(H,17,18);7,15H,4-6,8H2,1-3H3;5H,3-4H2,1-2H3,(H,13,14);3-4H2,1-2H3;;;;;/p-2. The number of rotatable bonds is 9. The van der Waals surface area contributed by atoms with E-state index >= 15 is 0 Å². The maximum atomic E-state index is 11.8. The molecule has 2 aliphatic carbocycles. The van der Waals surface area contributed by atoms with Gasteiger partial charge in [-0.25, -0.2) is 9.59 Å². The van der Waals surface area contributed by atoms with Crippen molar-refractivity contribution in [1.29, 1.82) is 0 Å². The summed E-state index contributed by atoms with van der Waals surface area (Å²) in [5.41, 5.74) is 11.9. The summed E-state index contributed by atoms with van der Waals surface area (Å²) in [4.78, 5) is 44.4. The molecule has 2 atom stereocenters. The van der Waals surface area contributed by atoms with E-state index in [-0.39, 0.29) is 125 Å². The molecule has 0 aromatic heterocycles. The number of halogens is 1. The van der Waals surface area contributed by atoms with Crippen molar-refractivity contribution in [1.82, 2.24) is 13.9 Å². The first kappa shape index (κ1) is 69.2. The van der Waals surface area contributed by atoms with Gasteiger partial charge in [-0.3, -0.25) is 18.0 Å². The van der Waals surface area contributed by atoms with Crippen LogP contribution in [0.25, 0.3) is 0 Å². The van der Waals surface area contributed by atoms with Gasteiger partial charge in [0.05, 0.1) is 24.9 Å². The van der Waals surface area contributed by atoms with Crippen molar-refractivity contribution >= 4 is 83.6 Å². The van der Waals surface area contributed by atoms with Crippen LogP contribution in [0.4, 0.5) is 0 Å². The third-order valence-electron chi connectivity index (χ3n) is 10.2. The number of esters is 3. The Kier molecular flexibility index (Phi) is 37.7. The molecule has 1 N–H and O–H groups in total. The number of aldehydes is 1. The molecule has 0 fully saturated rings. The molecule has 64 heavy (non-hydrogen) atoms. The van der Waals surface area contributed by atoms with E-state index in [2.05, 4.69) is 23.9 Å². The summed E-state index contributed by atoms with van der Waals surface area (Å²) >= 11 is 1.39. The van der Waals surface area contributed by atoms with E-state index in [9.17, 15) is 36.7 Å². The van der Waals surface area contributed by atoms with Gasteiger partial charge < -0.3 is 37.2 Å². The van der Waals surface area contributed by atoms with Crippen molar-refractivity contribution in [3.63, 3.8) is 0 Å². The van der Waals surface area contributed by atoms with Crippen LogP contribution in [-0.2, 0) is 55.9 Å². The fourth-order valence-corrected chi connectivity index (χ4v) is 8.06. The molecule has 5 rings (SSSR count). The first-order valence-electron chi connectivity index (χ1n) is 19.6. The SMILES string of the molecule is CC1=C(C)N(S(=O)[O-])CCC(C=O)=C1Cl.CCOC(=O)C1=CC2=C(C1)C(C)=C(C)N(S(=O)[O-])CC2.CCOC(=O)C1=CC2=C(C1)C(C)=C(C)NCC2.CCOC(=O)CC.[Ar].[Ar].[B].[B].[B]. The van der Waals surface area contributed by atoms with E-state index in [1.807, 2.05) is 26.0 Å². The molecule has 0 spiro atoms. The van der Waals surface area contributed by atoms with Crippen LogP contribution in [0.3, 0.4) is 0 Å². The topological polar surface area (TPSA) is 195 Å². The molecular weight excluding hydrogens is 934 g/mol. The van der Waals surface area contributed by atoms with E-state index in [0.717, 1.165) is 47.4 Å². The summed E-state index contributed by atoms with van der Waals surface area (Å²) in [5, 5.41) is 3.74. The molecule has 0 aromatic rings. The Morgan fingerprint density at radius 1 is 0.703 bits per heavy atom. The largest absolute Gasteiger partial charge is 0.755 e. The molecule has 0 saturated carbocycles. The monoisotopic (exact) mass is 992 g/mol. The fraction of sp³-hybridized carbons (Fsp3) is 0.524. The van der Waals surface area contributed by atoms with Crippen LogP contribution >= 0.6 is 11.6 Å².